The Balaban J connectivity index is 5.25. The first-order chi connectivity index (χ1) is 50.4. The molecule has 0 aromatic rings. The van der Waals surface area contributed by atoms with Crippen molar-refractivity contribution in [1.82, 2.24) is 0 Å². The monoisotopic (exact) mass is 1520 g/mol. The van der Waals surface area contributed by atoms with Crippen molar-refractivity contribution in [3.63, 3.8) is 0 Å². The molecule has 5 atom stereocenters. The molecule has 0 aliphatic heterocycles. The van der Waals surface area contributed by atoms with E-state index in [0.29, 0.717) is 25.7 Å². The Morgan fingerprint density at radius 3 is 0.654 bits per heavy atom. The Hall–Kier alpha value is -1.94. The first-order valence-corrected chi connectivity index (χ1v) is 47.0. The van der Waals surface area contributed by atoms with E-state index in [1.54, 1.807) is 0 Å². The van der Waals surface area contributed by atoms with Crippen LogP contribution in [0.2, 0.25) is 0 Å². The first kappa shape index (κ1) is 102. The summed E-state index contributed by atoms with van der Waals surface area (Å²) in [7, 11) is -9.93. The number of hydrogen-bond acceptors (Lipinski definition) is 15. The Morgan fingerprint density at radius 1 is 0.260 bits per heavy atom. The van der Waals surface area contributed by atoms with Crippen molar-refractivity contribution in [3.8, 4) is 0 Å². The highest BCUT2D eigenvalue weighted by molar-refractivity contribution is 7.47. The fourth-order valence-electron chi connectivity index (χ4n) is 13.2. The minimum Gasteiger partial charge on any atom is -0.462 e. The second-order valence-corrected chi connectivity index (χ2v) is 34.4. The van der Waals surface area contributed by atoms with Gasteiger partial charge in [-0.15, -0.1) is 0 Å². The number of carbonyl (C=O) groups is 4. The van der Waals surface area contributed by atoms with Crippen LogP contribution >= 0.6 is 15.6 Å². The molecule has 0 saturated carbocycles. The molecule has 17 nitrogen and oxygen atoms in total. The minimum atomic E-state index is -4.96. The van der Waals surface area contributed by atoms with E-state index in [4.69, 9.17) is 37.0 Å². The van der Waals surface area contributed by atoms with E-state index < -0.39 is 97.5 Å². The highest BCUT2D eigenvalue weighted by atomic mass is 31.2. The van der Waals surface area contributed by atoms with Gasteiger partial charge in [0.05, 0.1) is 26.4 Å². The van der Waals surface area contributed by atoms with E-state index in [0.717, 1.165) is 102 Å². The molecule has 0 aliphatic carbocycles. The highest BCUT2D eigenvalue weighted by Crippen LogP contribution is 2.45. The van der Waals surface area contributed by atoms with Crippen LogP contribution in [0.4, 0.5) is 0 Å². The lowest BCUT2D eigenvalue weighted by Gasteiger charge is -2.21. The lowest BCUT2D eigenvalue weighted by molar-refractivity contribution is -0.161. The number of unbranched alkanes of at least 4 members (excludes halogenated alkanes) is 54. The lowest BCUT2D eigenvalue weighted by atomic mass is 10.0. The molecular weight excluding hydrogens is 1350 g/mol. The SMILES string of the molecule is CCCCCCCCCCCCCCCCCCCCCC(=O)O[C@H](COC(=O)CCCCCCCCCCCCCCCCCCCC)COP(=O)(O)OC[C@@H](O)COP(=O)(O)OC[C@@H](COC(=O)CCCCCCCCCCC(C)C)OC(=O)CCCCCCCCCCCCCCCC(C)C. The standard InChI is InChI=1S/C85H166O17P2/c1-7-9-11-13-15-17-19-21-23-25-27-29-31-35-39-43-51-57-63-69-84(89)101-80(73-95-82(87)67-61-55-49-42-38-34-30-28-26-24-22-20-18-16-14-12-10-8-2)75-99-103(91,92)97-71-79(86)72-98-104(93,94)100-76-81(74-96-83(88)68-62-56-50-46-45-48-54-60-66-78(5)6)102-85(90)70-64-58-52-44-40-36-32-33-37-41-47-53-59-65-77(3)4/h77-81,86H,7-76H2,1-6H3,(H,91,92)(H,93,94)/t79-,80-,81-/m1/s1. The fourth-order valence-corrected chi connectivity index (χ4v) is 14.8. The van der Waals surface area contributed by atoms with Crippen LogP contribution in [-0.4, -0.2) is 96.7 Å². The maximum Gasteiger partial charge on any atom is 0.472 e. The number of phosphoric ester groups is 2. The molecule has 104 heavy (non-hydrogen) atoms. The summed E-state index contributed by atoms with van der Waals surface area (Å²) in [6, 6.07) is 0. The molecule has 618 valence electrons. The van der Waals surface area contributed by atoms with Gasteiger partial charge in [-0.25, -0.2) is 9.13 Å². The summed E-state index contributed by atoms with van der Waals surface area (Å²) < 4.78 is 68.9. The molecule has 0 aromatic carbocycles. The molecule has 0 bridgehead atoms. The van der Waals surface area contributed by atoms with E-state index in [2.05, 4.69) is 41.5 Å². The van der Waals surface area contributed by atoms with Crippen molar-refractivity contribution in [1.29, 1.82) is 0 Å². The number of carbonyl (C=O) groups excluding carboxylic acids is 4. The molecule has 0 rings (SSSR count). The van der Waals surface area contributed by atoms with Gasteiger partial charge in [0.2, 0.25) is 0 Å². The quantitative estimate of drug-likeness (QED) is 0.0222. The fraction of sp³-hybridized carbons (Fsp3) is 0.953. The van der Waals surface area contributed by atoms with Gasteiger partial charge < -0.3 is 33.8 Å². The second kappa shape index (κ2) is 76.4. The summed E-state index contributed by atoms with van der Waals surface area (Å²) in [6.07, 6.45) is 68.1. The predicted octanol–water partition coefficient (Wildman–Crippen LogP) is 25.8. The molecule has 0 saturated heterocycles. The molecule has 0 aliphatic rings. The first-order valence-electron chi connectivity index (χ1n) is 44.0. The average molecular weight is 1520 g/mol. The van der Waals surface area contributed by atoms with Gasteiger partial charge in [-0.1, -0.05) is 401 Å². The van der Waals surface area contributed by atoms with Gasteiger partial charge in [0.15, 0.2) is 12.2 Å². The van der Waals surface area contributed by atoms with Crippen molar-refractivity contribution in [2.45, 2.75) is 471 Å². The number of ether oxygens (including phenoxy) is 4. The van der Waals surface area contributed by atoms with Crippen molar-refractivity contribution in [3.05, 3.63) is 0 Å². The Labute approximate surface area is 638 Å². The molecule has 0 amide bonds. The Bertz CT molecular complexity index is 1990. The van der Waals surface area contributed by atoms with Crippen molar-refractivity contribution >= 4 is 39.5 Å². The zero-order chi connectivity index (χ0) is 76.4. The van der Waals surface area contributed by atoms with Crippen LogP contribution in [0.5, 0.6) is 0 Å². The zero-order valence-electron chi connectivity index (χ0n) is 68.3. The topological polar surface area (TPSA) is 237 Å². The summed E-state index contributed by atoms with van der Waals surface area (Å²) in [5.41, 5.74) is 0. The number of rotatable bonds is 84. The maximum absolute atomic E-state index is 13.1. The van der Waals surface area contributed by atoms with Crippen LogP contribution in [0, 0.1) is 11.8 Å². The van der Waals surface area contributed by atoms with Crippen LogP contribution in [0.1, 0.15) is 452 Å². The molecule has 0 aromatic heterocycles. The molecule has 0 fully saturated rings. The van der Waals surface area contributed by atoms with Gasteiger partial charge in [0, 0.05) is 25.7 Å². The lowest BCUT2D eigenvalue weighted by Crippen LogP contribution is -2.30. The molecule has 0 radical (unpaired) electrons. The van der Waals surface area contributed by atoms with Gasteiger partial charge in [-0.3, -0.25) is 37.3 Å². The van der Waals surface area contributed by atoms with Crippen molar-refractivity contribution in [2.24, 2.45) is 11.8 Å². The van der Waals surface area contributed by atoms with Gasteiger partial charge in [0.1, 0.15) is 19.3 Å². The summed E-state index contributed by atoms with van der Waals surface area (Å²) in [5.74, 6) is -0.591. The van der Waals surface area contributed by atoms with E-state index in [1.807, 2.05) is 0 Å². The second-order valence-electron chi connectivity index (χ2n) is 31.5. The predicted molar refractivity (Wildman–Crippen MR) is 428 cm³/mol. The summed E-state index contributed by atoms with van der Waals surface area (Å²) in [6.45, 7) is 9.65. The summed E-state index contributed by atoms with van der Waals surface area (Å²) in [5, 5.41) is 10.7. The number of aliphatic hydroxyl groups excluding tert-OH is 1. The normalized spacial score (nSPS) is 13.8. The zero-order valence-corrected chi connectivity index (χ0v) is 70.1. The third-order valence-corrected chi connectivity index (χ3v) is 21.9. The summed E-state index contributed by atoms with van der Waals surface area (Å²) >= 11 is 0. The van der Waals surface area contributed by atoms with Crippen molar-refractivity contribution in [2.75, 3.05) is 39.6 Å². The highest BCUT2D eigenvalue weighted by Gasteiger charge is 2.30. The molecule has 0 spiro atoms. The minimum absolute atomic E-state index is 0.107. The van der Waals surface area contributed by atoms with E-state index in [1.165, 1.54) is 270 Å². The Morgan fingerprint density at radius 2 is 0.442 bits per heavy atom. The van der Waals surface area contributed by atoms with Gasteiger partial charge in [-0.05, 0) is 37.5 Å². The molecule has 2 unspecified atom stereocenters. The average Bonchev–Trinajstić information content (AvgIpc) is 0.937. The van der Waals surface area contributed by atoms with Gasteiger partial charge >= 0.3 is 39.5 Å². The Kier molecular flexibility index (Phi) is 75.0. The third-order valence-electron chi connectivity index (χ3n) is 20.0. The van der Waals surface area contributed by atoms with Gasteiger partial charge in [-0.2, -0.15) is 0 Å². The molecule has 19 heteroatoms. The van der Waals surface area contributed by atoms with Gasteiger partial charge in [0.25, 0.3) is 0 Å². The maximum atomic E-state index is 13.1. The largest absolute Gasteiger partial charge is 0.472 e. The molecular formula is C85H166O17P2. The summed E-state index contributed by atoms with van der Waals surface area (Å²) in [4.78, 5) is 73.2. The van der Waals surface area contributed by atoms with Crippen molar-refractivity contribution < 1.29 is 80.2 Å². The third kappa shape index (κ3) is 78.2. The van der Waals surface area contributed by atoms with E-state index in [9.17, 15) is 43.2 Å². The number of phosphoric acid groups is 2. The smallest absolute Gasteiger partial charge is 0.462 e. The van der Waals surface area contributed by atoms with E-state index >= 15 is 0 Å². The number of esters is 4. The molecule has 0 heterocycles. The van der Waals surface area contributed by atoms with Crippen LogP contribution in [0.15, 0.2) is 0 Å². The van der Waals surface area contributed by atoms with Crippen LogP contribution < -0.4 is 0 Å². The van der Waals surface area contributed by atoms with Crippen LogP contribution in [-0.2, 0) is 65.4 Å². The van der Waals surface area contributed by atoms with Crippen LogP contribution in [0.25, 0.3) is 0 Å². The molecule has 3 N–H and O–H groups in total. The van der Waals surface area contributed by atoms with E-state index in [-0.39, 0.29) is 25.7 Å². The number of hydrogen-bond donors (Lipinski definition) is 3. The van der Waals surface area contributed by atoms with Crippen LogP contribution in [0.3, 0.4) is 0 Å². The number of aliphatic hydroxyl groups is 1.